The van der Waals surface area contributed by atoms with Gasteiger partial charge in [-0.25, -0.2) is 4.98 Å². The highest BCUT2D eigenvalue weighted by Crippen LogP contribution is 2.30. The molecule has 1 unspecified atom stereocenters. The number of alkyl halides is 3. The third-order valence-electron chi connectivity index (χ3n) is 5.65. The van der Waals surface area contributed by atoms with Gasteiger partial charge in [-0.15, -0.1) is 0 Å². The second-order valence-electron chi connectivity index (χ2n) is 8.04. The number of amides is 2. The first kappa shape index (κ1) is 24.2. The van der Waals surface area contributed by atoms with E-state index in [9.17, 15) is 22.8 Å². The molecule has 0 bridgehead atoms. The first-order chi connectivity index (χ1) is 16.8. The van der Waals surface area contributed by atoms with E-state index in [1.165, 1.54) is 23.2 Å². The number of ether oxygens (including phenoxy) is 1. The molecule has 2 aromatic heterocycles. The van der Waals surface area contributed by atoms with Crippen molar-refractivity contribution in [3.8, 4) is 5.75 Å². The molecule has 10 heteroatoms. The summed E-state index contributed by atoms with van der Waals surface area (Å²) in [6.07, 6.45) is -0.0978. The van der Waals surface area contributed by atoms with Gasteiger partial charge < -0.3 is 15.0 Å². The van der Waals surface area contributed by atoms with Crippen molar-refractivity contribution in [1.29, 1.82) is 0 Å². The zero-order valence-electron chi connectivity index (χ0n) is 18.7. The molecule has 0 aliphatic carbocycles. The summed E-state index contributed by atoms with van der Waals surface area (Å²) in [4.78, 5) is 35.4. The number of likely N-dealkylation sites (tertiary alicyclic amines) is 1. The highest BCUT2D eigenvalue weighted by atomic mass is 19.4. The average molecular weight is 484 g/mol. The van der Waals surface area contributed by atoms with Gasteiger partial charge in [0.05, 0.1) is 23.8 Å². The number of carbonyl (C=O) groups excluding carboxylic acids is 2. The molecule has 1 aliphatic rings. The Labute approximate surface area is 200 Å². The van der Waals surface area contributed by atoms with Crippen molar-refractivity contribution in [2.45, 2.75) is 31.6 Å². The zero-order chi connectivity index (χ0) is 24.8. The van der Waals surface area contributed by atoms with Crippen LogP contribution in [0.2, 0.25) is 0 Å². The van der Waals surface area contributed by atoms with Gasteiger partial charge in [0.15, 0.2) is 11.4 Å². The van der Waals surface area contributed by atoms with E-state index in [4.69, 9.17) is 4.74 Å². The highest BCUT2D eigenvalue weighted by molar-refractivity contribution is 5.95. The summed E-state index contributed by atoms with van der Waals surface area (Å²) in [7, 11) is 0. The quantitative estimate of drug-likeness (QED) is 0.546. The van der Waals surface area contributed by atoms with Crippen LogP contribution in [0.4, 0.5) is 13.2 Å². The van der Waals surface area contributed by atoms with Gasteiger partial charge >= 0.3 is 6.18 Å². The maximum Gasteiger partial charge on any atom is 0.416 e. The van der Waals surface area contributed by atoms with Crippen molar-refractivity contribution in [2.24, 2.45) is 0 Å². The maximum atomic E-state index is 13.1. The molecule has 1 fully saturated rings. The van der Waals surface area contributed by atoms with E-state index in [0.717, 1.165) is 12.1 Å². The molecule has 2 amide bonds. The van der Waals surface area contributed by atoms with E-state index < -0.39 is 23.6 Å². The Morgan fingerprint density at radius 1 is 1.06 bits per heavy atom. The van der Waals surface area contributed by atoms with Gasteiger partial charge in [0.25, 0.3) is 11.8 Å². The van der Waals surface area contributed by atoms with E-state index in [1.54, 1.807) is 30.5 Å². The number of nitrogens with zero attached hydrogens (tertiary/aromatic N) is 3. The molecule has 0 radical (unpaired) electrons. The number of carbonyl (C=O) groups is 2. The zero-order valence-corrected chi connectivity index (χ0v) is 18.7. The standard InChI is InChI=1S/C25H23F3N4O3/c26-25(27,28)18-7-3-6-17(14-18)24(34)32-13-5-9-20(32)16-35-21-10-4-12-30-22(21)23(33)31-15-19-8-1-2-11-29-19/h1-4,6-8,10-12,14,20H,5,9,13,15-16H2,(H,31,33). The summed E-state index contributed by atoms with van der Waals surface area (Å²) >= 11 is 0. The van der Waals surface area contributed by atoms with Gasteiger partial charge in [-0.1, -0.05) is 12.1 Å². The number of benzene rings is 1. The molecule has 182 valence electrons. The Balaban J connectivity index is 1.41. The molecule has 1 N–H and O–H groups in total. The van der Waals surface area contributed by atoms with Crippen LogP contribution in [0.25, 0.3) is 0 Å². The minimum atomic E-state index is -4.53. The number of rotatable bonds is 7. The molecular weight excluding hydrogens is 461 g/mol. The summed E-state index contributed by atoms with van der Waals surface area (Å²) in [5.41, 5.74) is -0.110. The second-order valence-corrected chi connectivity index (χ2v) is 8.04. The summed E-state index contributed by atoms with van der Waals surface area (Å²) in [6.45, 7) is 0.710. The van der Waals surface area contributed by atoms with Crippen molar-refractivity contribution < 1.29 is 27.5 Å². The lowest BCUT2D eigenvalue weighted by molar-refractivity contribution is -0.137. The molecule has 3 aromatic rings. The van der Waals surface area contributed by atoms with E-state index >= 15 is 0 Å². The lowest BCUT2D eigenvalue weighted by Crippen LogP contribution is -2.39. The molecule has 1 saturated heterocycles. The van der Waals surface area contributed by atoms with E-state index in [1.807, 2.05) is 6.07 Å². The molecule has 1 aliphatic heterocycles. The van der Waals surface area contributed by atoms with Crippen molar-refractivity contribution in [1.82, 2.24) is 20.2 Å². The summed E-state index contributed by atoms with van der Waals surface area (Å²) < 4.78 is 45.1. The Morgan fingerprint density at radius 2 is 1.89 bits per heavy atom. The molecule has 0 saturated carbocycles. The number of pyridine rings is 2. The number of aromatic nitrogens is 2. The lowest BCUT2D eigenvalue weighted by Gasteiger charge is -2.25. The van der Waals surface area contributed by atoms with Crippen LogP contribution in [-0.2, 0) is 12.7 Å². The van der Waals surface area contributed by atoms with Crippen LogP contribution in [0.1, 0.15) is 44.9 Å². The summed E-state index contributed by atoms with van der Waals surface area (Å²) in [6, 6.07) is 12.7. The molecule has 3 heterocycles. The van der Waals surface area contributed by atoms with Gasteiger partial charge in [0.1, 0.15) is 6.61 Å². The van der Waals surface area contributed by atoms with Crippen molar-refractivity contribution >= 4 is 11.8 Å². The monoisotopic (exact) mass is 484 g/mol. The Kier molecular flexibility index (Phi) is 7.28. The van der Waals surface area contributed by atoms with E-state index in [2.05, 4.69) is 15.3 Å². The lowest BCUT2D eigenvalue weighted by atomic mass is 10.1. The first-order valence-corrected chi connectivity index (χ1v) is 11.1. The molecule has 35 heavy (non-hydrogen) atoms. The van der Waals surface area contributed by atoms with Crippen LogP contribution < -0.4 is 10.1 Å². The predicted molar refractivity (Wildman–Crippen MR) is 121 cm³/mol. The first-order valence-electron chi connectivity index (χ1n) is 11.1. The molecule has 1 aromatic carbocycles. The second kappa shape index (κ2) is 10.5. The fraction of sp³-hybridized carbons (Fsp3) is 0.280. The summed E-state index contributed by atoms with van der Waals surface area (Å²) in [5, 5.41) is 2.75. The van der Waals surface area contributed by atoms with Crippen LogP contribution >= 0.6 is 0 Å². The minimum Gasteiger partial charge on any atom is -0.489 e. The smallest absolute Gasteiger partial charge is 0.416 e. The molecule has 7 nitrogen and oxygen atoms in total. The van der Waals surface area contributed by atoms with Crippen molar-refractivity contribution in [3.63, 3.8) is 0 Å². The Morgan fingerprint density at radius 3 is 2.66 bits per heavy atom. The average Bonchev–Trinajstić information content (AvgIpc) is 3.34. The third-order valence-corrected chi connectivity index (χ3v) is 5.65. The molecular formula is C25H23F3N4O3. The normalized spacial score (nSPS) is 15.6. The number of hydrogen-bond acceptors (Lipinski definition) is 5. The topological polar surface area (TPSA) is 84.4 Å². The van der Waals surface area contributed by atoms with Crippen LogP contribution in [0.5, 0.6) is 5.75 Å². The van der Waals surface area contributed by atoms with Crippen LogP contribution in [0.3, 0.4) is 0 Å². The Bertz CT molecular complexity index is 1190. The highest BCUT2D eigenvalue weighted by Gasteiger charge is 2.34. The fourth-order valence-corrected chi connectivity index (χ4v) is 3.89. The van der Waals surface area contributed by atoms with Crippen LogP contribution in [0.15, 0.2) is 67.0 Å². The van der Waals surface area contributed by atoms with Gasteiger partial charge in [-0.2, -0.15) is 13.2 Å². The number of hydrogen-bond donors (Lipinski definition) is 1. The molecule has 4 rings (SSSR count). The number of nitrogens with one attached hydrogen (secondary N) is 1. The Hall–Kier alpha value is -3.95. The van der Waals surface area contributed by atoms with Crippen LogP contribution in [0, 0.1) is 0 Å². The van der Waals surface area contributed by atoms with E-state index in [0.29, 0.717) is 25.1 Å². The molecule has 1 atom stereocenters. The SMILES string of the molecule is O=C(NCc1ccccn1)c1ncccc1OCC1CCCN1C(=O)c1cccc(C(F)(F)F)c1. The van der Waals surface area contributed by atoms with Crippen molar-refractivity contribution in [2.75, 3.05) is 13.2 Å². The predicted octanol–water partition coefficient (Wildman–Crippen LogP) is 4.11. The fourth-order valence-electron chi connectivity index (χ4n) is 3.89. The van der Waals surface area contributed by atoms with E-state index in [-0.39, 0.29) is 36.2 Å². The number of halogens is 3. The van der Waals surface area contributed by atoms with Gasteiger partial charge in [0, 0.05) is 24.5 Å². The van der Waals surface area contributed by atoms with Gasteiger partial charge in [-0.05, 0) is 55.3 Å². The minimum absolute atomic E-state index is 0.0253. The van der Waals surface area contributed by atoms with Gasteiger partial charge in [-0.3, -0.25) is 14.6 Å². The molecule has 0 spiro atoms. The van der Waals surface area contributed by atoms with Gasteiger partial charge in [0.2, 0.25) is 0 Å². The van der Waals surface area contributed by atoms with Crippen LogP contribution in [-0.4, -0.2) is 45.9 Å². The third kappa shape index (κ3) is 5.95. The largest absolute Gasteiger partial charge is 0.489 e. The van der Waals surface area contributed by atoms with Crippen molar-refractivity contribution in [3.05, 3.63) is 89.5 Å². The summed E-state index contributed by atoms with van der Waals surface area (Å²) in [5.74, 6) is -0.666. The maximum absolute atomic E-state index is 13.1.